The Hall–Kier alpha value is -0.600. The molecule has 0 fully saturated rings. The largest absolute Gasteiger partial charge is 0.325 e. The molecule has 2 N–H and O–H groups in total. The predicted octanol–water partition coefficient (Wildman–Crippen LogP) is 3.58. The molecule has 0 spiro atoms. The second kappa shape index (κ2) is 6.21. The topological polar surface area (TPSA) is 38.9 Å². The van der Waals surface area contributed by atoms with E-state index in [1.54, 1.807) is 12.4 Å². The Morgan fingerprint density at radius 2 is 2.19 bits per heavy atom. The van der Waals surface area contributed by atoms with Crippen molar-refractivity contribution in [3.05, 3.63) is 29.0 Å². The Balaban J connectivity index is 2.72. The molecule has 1 heterocycles. The third-order valence-electron chi connectivity index (χ3n) is 3.13. The average molecular weight is 241 g/mol. The molecule has 0 aliphatic rings. The van der Waals surface area contributed by atoms with Crippen LogP contribution in [0.4, 0.5) is 0 Å². The molecule has 0 bridgehead atoms. The Morgan fingerprint density at radius 3 is 2.75 bits per heavy atom. The fraction of sp³-hybridized carbons (Fsp3) is 0.615. The molecule has 3 heteroatoms. The summed E-state index contributed by atoms with van der Waals surface area (Å²) >= 11 is 6.10. The lowest BCUT2D eigenvalue weighted by molar-refractivity contribution is 0.365. The highest BCUT2D eigenvalue weighted by molar-refractivity contribution is 6.31. The summed E-state index contributed by atoms with van der Waals surface area (Å²) in [6.45, 7) is 4.33. The molecule has 0 aliphatic carbocycles. The van der Waals surface area contributed by atoms with Crippen molar-refractivity contribution in [2.45, 2.75) is 51.5 Å². The molecule has 1 atom stereocenters. The van der Waals surface area contributed by atoms with Crippen LogP contribution in [0.1, 0.15) is 45.1 Å². The van der Waals surface area contributed by atoms with Crippen LogP contribution >= 0.6 is 11.6 Å². The first kappa shape index (κ1) is 13.5. The summed E-state index contributed by atoms with van der Waals surface area (Å²) in [7, 11) is 0. The Bertz CT molecular complexity index is 327. The van der Waals surface area contributed by atoms with E-state index >= 15 is 0 Å². The summed E-state index contributed by atoms with van der Waals surface area (Å²) in [5.74, 6) is 0. The van der Waals surface area contributed by atoms with Gasteiger partial charge in [0.1, 0.15) is 0 Å². The van der Waals surface area contributed by atoms with Gasteiger partial charge in [-0.25, -0.2) is 0 Å². The number of nitrogens with two attached hydrogens (primary N) is 1. The van der Waals surface area contributed by atoms with Crippen LogP contribution in [-0.4, -0.2) is 10.5 Å². The van der Waals surface area contributed by atoms with Gasteiger partial charge in [-0.05, 0) is 30.9 Å². The minimum atomic E-state index is -0.124. The van der Waals surface area contributed by atoms with Crippen LogP contribution in [0.15, 0.2) is 18.5 Å². The molecule has 0 saturated heterocycles. The van der Waals surface area contributed by atoms with Gasteiger partial charge in [0.2, 0.25) is 0 Å². The SMILES string of the molecule is CCCCC(N)(CC)Cc1ccncc1Cl. The summed E-state index contributed by atoms with van der Waals surface area (Å²) in [6.07, 6.45) is 8.69. The molecule has 0 saturated carbocycles. The van der Waals surface area contributed by atoms with Crippen LogP contribution in [0.25, 0.3) is 0 Å². The standard InChI is InChI=1S/C13H21ClN2/c1-3-5-7-13(15,4-2)9-11-6-8-16-10-12(11)14/h6,8,10H,3-5,7,9,15H2,1-2H3. The number of unbranched alkanes of at least 4 members (excludes halogenated alkanes) is 1. The maximum Gasteiger partial charge on any atom is 0.0621 e. The van der Waals surface area contributed by atoms with Gasteiger partial charge in [0.05, 0.1) is 5.02 Å². The summed E-state index contributed by atoms with van der Waals surface area (Å²) in [5.41, 5.74) is 7.39. The zero-order valence-electron chi connectivity index (χ0n) is 10.2. The fourth-order valence-corrected chi connectivity index (χ4v) is 2.03. The van der Waals surface area contributed by atoms with Crippen molar-refractivity contribution in [2.75, 3.05) is 0 Å². The quantitative estimate of drug-likeness (QED) is 0.826. The van der Waals surface area contributed by atoms with E-state index in [0.717, 1.165) is 29.8 Å². The van der Waals surface area contributed by atoms with Crippen molar-refractivity contribution in [1.82, 2.24) is 4.98 Å². The molecule has 1 aromatic heterocycles. The third kappa shape index (κ3) is 3.76. The van der Waals surface area contributed by atoms with Gasteiger partial charge in [0, 0.05) is 17.9 Å². The number of nitrogens with zero attached hydrogens (tertiary/aromatic N) is 1. The van der Waals surface area contributed by atoms with Gasteiger partial charge in [-0.15, -0.1) is 0 Å². The molecule has 2 nitrogen and oxygen atoms in total. The van der Waals surface area contributed by atoms with E-state index < -0.39 is 0 Å². The van der Waals surface area contributed by atoms with Crippen LogP contribution < -0.4 is 5.73 Å². The monoisotopic (exact) mass is 240 g/mol. The maximum atomic E-state index is 6.41. The molecule has 1 rings (SSSR count). The van der Waals surface area contributed by atoms with Crippen molar-refractivity contribution in [2.24, 2.45) is 5.73 Å². The lowest BCUT2D eigenvalue weighted by Gasteiger charge is -2.28. The number of halogens is 1. The van der Waals surface area contributed by atoms with Crippen molar-refractivity contribution in [1.29, 1.82) is 0 Å². The van der Waals surface area contributed by atoms with Crippen LogP contribution in [0.2, 0.25) is 5.02 Å². The Morgan fingerprint density at radius 1 is 1.44 bits per heavy atom. The number of hydrogen-bond acceptors (Lipinski definition) is 2. The lowest BCUT2D eigenvalue weighted by Crippen LogP contribution is -2.41. The van der Waals surface area contributed by atoms with E-state index in [2.05, 4.69) is 18.8 Å². The molecule has 1 unspecified atom stereocenters. The lowest BCUT2D eigenvalue weighted by atomic mass is 9.85. The summed E-state index contributed by atoms with van der Waals surface area (Å²) in [5, 5.41) is 0.724. The molecule has 0 aromatic carbocycles. The van der Waals surface area contributed by atoms with E-state index in [1.807, 2.05) is 6.07 Å². The van der Waals surface area contributed by atoms with Gasteiger partial charge < -0.3 is 5.73 Å². The van der Waals surface area contributed by atoms with E-state index in [9.17, 15) is 0 Å². The number of rotatable bonds is 6. The van der Waals surface area contributed by atoms with Crippen molar-refractivity contribution in [3.63, 3.8) is 0 Å². The molecular weight excluding hydrogens is 220 g/mol. The van der Waals surface area contributed by atoms with Gasteiger partial charge in [-0.1, -0.05) is 38.3 Å². The van der Waals surface area contributed by atoms with E-state index in [4.69, 9.17) is 17.3 Å². The number of aromatic nitrogens is 1. The van der Waals surface area contributed by atoms with Crippen LogP contribution in [0.5, 0.6) is 0 Å². The zero-order chi connectivity index (χ0) is 12.0. The second-order valence-corrected chi connectivity index (χ2v) is 4.87. The minimum Gasteiger partial charge on any atom is -0.325 e. The van der Waals surface area contributed by atoms with Crippen molar-refractivity contribution in [3.8, 4) is 0 Å². The van der Waals surface area contributed by atoms with E-state index in [-0.39, 0.29) is 5.54 Å². The van der Waals surface area contributed by atoms with Gasteiger partial charge >= 0.3 is 0 Å². The summed E-state index contributed by atoms with van der Waals surface area (Å²) in [6, 6.07) is 1.96. The fourth-order valence-electron chi connectivity index (χ4n) is 1.85. The molecule has 0 amide bonds. The summed E-state index contributed by atoms with van der Waals surface area (Å²) in [4.78, 5) is 3.99. The normalized spacial score (nSPS) is 14.8. The first-order valence-electron chi connectivity index (χ1n) is 5.98. The van der Waals surface area contributed by atoms with Gasteiger partial charge in [-0.2, -0.15) is 0 Å². The highest BCUT2D eigenvalue weighted by atomic mass is 35.5. The number of hydrogen-bond donors (Lipinski definition) is 1. The third-order valence-corrected chi connectivity index (χ3v) is 3.47. The average Bonchev–Trinajstić information content (AvgIpc) is 2.30. The number of pyridine rings is 1. The molecule has 16 heavy (non-hydrogen) atoms. The molecular formula is C13H21ClN2. The summed E-state index contributed by atoms with van der Waals surface area (Å²) < 4.78 is 0. The molecule has 90 valence electrons. The van der Waals surface area contributed by atoms with E-state index in [0.29, 0.717) is 0 Å². The van der Waals surface area contributed by atoms with Crippen LogP contribution in [0.3, 0.4) is 0 Å². The smallest absolute Gasteiger partial charge is 0.0621 e. The van der Waals surface area contributed by atoms with Gasteiger partial charge in [-0.3, -0.25) is 4.98 Å². The Kier molecular flexibility index (Phi) is 5.23. The van der Waals surface area contributed by atoms with E-state index in [1.165, 1.54) is 12.8 Å². The maximum absolute atomic E-state index is 6.41. The predicted molar refractivity (Wildman–Crippen MR) is 69.7 cm³/mol. The molecule has 1 aromatic rings. The van der Waals surface area contributed by atoms with Crippen molar-refractivity contribution < 1.29 is 0 Å². The van der Waals surface area contributed by atoms with Crippen LogP contribution in [0, 0.1) is 0 Å². The molecule has 0 radical (unpaired) electrons. The first-order valence-corrected chi connectivity index (χ1v) is 6.36. The Labute approximate surface area is 103 Å². The molecule has 0 aliphatic heterocycles. The first-order chi connectivity index (χ1) is 7.61. The van der Waals surface area contributed by atoms with Crippen molar-refractivity contribution >= 4 is 11.6 Å². The highest BCUT2D eigenvalue weighted by Gasteiger charge is 2.23. The zero-order valence-corrected chi connectivity index (χ0v) is 10.9. The minimum absolute atomic E-state index is 0.124. The van der Waals surface area contributed by atoms with Crippen LogP contribution in [-0.2, 0) is 6.42 Å². The van der Waals surface area contributed by atoms with Gasteiger partial charge in [0.15, 0.2) is 0 Å². The highest BCUT2D eigenvalue weighted by Crippen LogP contribution is 2.24. The second-order valence-electron chi connectivity index (χ2n) is 4.46. The van der Waals surface area contributed by atoms with Gasteiger partial charge in [0.25, 0.3) is 0 Å².